The van der Waals surface area contributed by atoms with Gasteiger partial charge in [0.2, 0.25) is 0 Å². The van der Waals surface area contributed by atoms with Gasteiger partial charge in [-0.3, -0.25) is 0 Å². The van der Waals surface area contributed by atoms with Crippen molar-refractivity contribution in [2.45, 2.75) is 6.92 Å². The Bertz CT molecular complexity index is 888. The molecule has 0 unspecified atom stereocenters. The van der Waals surface area contributed by atoms with Crippen LogP contribution in [0.2, 0.25) is 5.02 Å². The summed E-state index contributed by atoms with van der Waals surface area (Å²) in [6, 6.07) is 10.9. The molecule has 2 aromatic carbocycles. The molecule has 0 spiro atoms. The molecule has 22 heavy (non-hydrogen) atoms. The average molecular weight is 316 g/mol. The first-order valence-electron chi connectivity index (χ1n) is 6.56. The fraction of sp³-hybridized carbons (Fsp3) is 0.0588. The van der Waals surface area contributed by atoms with Gasteiger partial charge in [0.15, 0.2) is 0 Å². The van der Waals surface area contributed by atoms with E-state index >= 15 is 0 Å². The van der Waals surface area contributed by atoms with Crippen LogP contribution in [0.4, 0.5) is 4.39 Å². The van der Waals surface area contributed by atoms with Crippen molar-refractivity contribution in [2.75, 3.05) is 0 Å². The molecule has 0 saturated carbocycles. The van der Waals surface area contributed by atoms with E-state index in [-0.39, 0.29) is 21.8 Å². The lowest BCUT2D eigenvalue weighted by molar-refractivity contribution is 0.0699. The molecule has 0 saturated heterocycles. The first-order valence-corrected chi connectivity index (χ1v) is 6.94. The number of halogens is 2. The Morgan fingerprint density at radius 3 is 2.68 bits per heavy atom. The highest BCUT2D eigenvalue weighted by atomic mass is 35.5. The highest BCUT2D eigenvalue weighted by Gasteiger charge is 2.17. The molecule has 1 heterocycles. The molecule has 5 heteroatoms. The third-order valence-corrected chi connectivity index (χ3v) is 3.73. The van der Waals surface area contributed by atoms with E-state index in [4.69, 9.17) is 11.6 Å². The minimum absolute atomic E-state index is 0.0722. The number of carboxylic acids is 1. The second kappa shape index (κ2) is 5.39. The minimum atomic E-state index is -1.09. The number of fused-ring (bicyclic) bond motifs is 1. The van der Waals surface area contributed by atoms with Gasteiger partial charge in [-0.05, 0) is 37.3 Å². The number of nitrogens with zero attached hydrogens (tertiary/aromatic N) is 1. The zero-order valence-electron chi connectivity index (χ0n) is 11.6. The van der Waals surface area contributed by atoms with Crippen molar-refractivity contribution in [2.24, 2.45) is 0 Å². The van der Waals surface area contributed by atoms with Gasteiger partial charge in [-0.2, -0.15) is 0 Å². The molecule has 3 rings (SSSR count). The maximum atomic E-state index is 14.1. The van der Waals surface area contributed by atoms with Crippen LogP contribution in [-0.2, 0) is 0 Å². The number of aromatic carboxylic acids is 1. The van der Waals surface area contributed by atoms with E-state index in [0.717, 1.165) is 5.56 Å². The summed E-state index contributed by atoms with van der Waals surface area (Å²) < 4.78 is 14.1. The van der Waals surface area contributed by atoms with Crippen LogP contribution in [-0.4, -0.2) is 16.1 Å². The van der Waals surface area contributed by atoms with Crippen molar-refractivity contribution >= 4 is 28.5 Å². The van der Waals surface area contributed by atoms with Crippen molar-refractivity contribution in [3.05, 3.63) is 64.4 Å². The largest absolute Gasteiger partial charge is 0.478 e. The van der Waals surface area contributed by atoms with E-state index in [1.165, 1.54) is 18.2 Å². The smallest absolute Gasteiger partial charge is 0.336 e. The quantitative estimate of drug-likeness (QED) is 0.745. The van der Waals surface area contributed by atoms with E-state index in [1.807, 2.05) is 13.0 Å². The van der Waals surface area contributed by atoms with E-state index in [2.05, 4.69) is 4.98 Å². The Kier molecular flexibility index (Phi) is 3.54. The number of pyridine rings is 1. The molecule has 1 N–H and O–H groups in total. The molecule has 1 aromatic heterocycles. The zero-order valence-corrected chi connectivity index (χ0v) is 12.4. The molecule has 0 bridgehead atoms. The molecule has 0 aliphatic rings. The SMILES string of the molecule is Cc1ccc2nc(-c3c(F)cccc3Cl)cc(C(=O)O)c2c1. The summed E-state index contributed by atoms with van der Waals surface area (Å²) >= 11 is 6.04. The molecular formula is C17H11ClFNO2. The maximum Gasteiger partial charge on any atom is 0.336 e. The number of benzene rings is 2. The Balaban J connectivity index is 2.37. The van der Waals surface area contributed by atoms with Gasteiger partial charge < -0.3 is 5.11 Å². The number of hydrogen-bond donors (Lipinski definition) is 1. The van der Waals surface area contributed by atoms with Crippen LogP contribution in [0.3, 0.4) is 0 Å². The molecule has 0 amide bonds. The summed E-state index contributed by atoms with van der Waals surface area (Å²) in [5, 5.41) is 10.1. The standard InChI is InChI=1S/C17H11ClFNO2/c1-9-5-6-14-10(7-9)11(17(21)22)8-15(20-14)16-12(18)3-2-4-13(16)19/h2-8H,1H3,(H,21,22). The summed E-state index contributed by atoms with van der Waals surface area (Å²) in [5.74, 6) is -1.63. The first kappa shape index (κ1) is 14.5. The topological polar surface area (TPSA) is 50.2 Å². The molecule has 0 fully saturated rings. The Morgan fingerprint density at radius 1 is 1.23 bits per heavy atom. The van der Waals surface area contributed by atoms with Gasteiger partial charge in [0.25, 0.3) is 0 Å². The van der Waals surface area contributed by atoms with Crippen molar-refractivity contribution < 1.29 is 14.3 Å². The van der Waals surface area contributed by atoms with Crippen LogP contribution in [0.15, 0.2) is 42.5 Å². The predicted molar refractivity (Wildman–Crippen MR) is 83.8 cm³/mol. The molecule has 0 radical (unpaired) electrons. The number of hydrogen-bond acceptors (Lipinski definition) is 2. The predicted octanol–water partition coefficient (Wildman–Crippen LogP) is 4.70. The van der Waals surface area contributed by atoms with Crippen LogP contribution in [0.1, 0.15) is 15.9 Å². The number of rotatable bonds is 2. The monoisotopic (exact) mass is 315 g/mol. The van der Waals surface area contributed by atoms with E-state index in [9.17, 15) is 14.3 Å². The Morgan fingerprint density at radius 2 is 2.00 bits per heavy atom. The highest BCUT2D eigenvalue weighted by molar-refractivity contribution is 6.33. The van der Waals surface area contributed by atoms with Gasteiger partial charge in [-0.25, -0.2) is 14.2 Å². The van der Waals surface area contributed by atoms with Gasteiger partial charge in [0.1, 0.15) is 5.82 Å². The lowest BCUT2D eigenvalue weighted by Gasteiger charge is -2.10. The van der Waals surface area contributed by atoms with E-state index in [1.54, 1.807) is 18.2 Å². The molecule has 0 aliphatic carbocycles. The number of aromatic nitrogens is 1. The normalized spacial score (nSPS) is 10.9. The van der Waals surface area contributed by atoms with E-state index < -0.39 is 11.8 Å². The summed E-state index contributed by atoms with van der Waals surface area (Å²) in [6.07, 6.45) is 0. The van der Waals surface area contributed by atoms with Crippen LogP contribution in [0, 0.1) is 12.7 Å². The number of carboxylic acid groups (broad SMARTS) is 1. The van der Waals surface area contributed by atoms with Crippen molar-refractivity contribution in [3.63, 3.8) is 0 Å². The fourth-order valence-corrected chi connectivity index (χ4v) is 2.65. The van der Waals surface area contributed by atoms with Crippen molar-refractivity contribution in [3.8, 4) is 11.3 Å². The van der Waals surface area contributed by atoms with E-state index in [0.29, 0.717) is 10.9 Å². The van der Waals surface area contributed by atoms with Crippen LogP contribution in [0.5, 0.6) is 0 Å². The third-order valence-electron chi connectivity index (χ3n) is 3.41. The molecule has 0 atom stereocenters. The maximum absolute atomic E-state index is 14.1. The van der Waals surface area contributed by atoms with Crippen LogP contribution < -0.4 is 0 Å². The van der Waals surface area contributed by atoms with Crippen LogP contribution in [0.25, 0.3) is 22.2 Å². The summed E-state index contributed by atoms with van der Waals surface area (Å²) in [5.41, 5.74) is 1.79. The minimum Gasteiger partial charge on any atom is -0.478 e. The lowest BCUT2D eigenvalue weighted by Crippen LogP contribution is -2.01. The summed E-state index contributed by atoms with van der Waals surface area (Å²) in [6.45, 7) is 1.87. The first-order chi connectivity index (χ1) is 10.5. The van der Waals surface area contributed by atoms with Crippen molar-refractivity contribution in [1.82, 2.24) is 4.98 Å². The molecule has 3 aromatic rings. The van der Waals surface area contributed by atoms with Gasteiger partial charge in [-0.15, -0.1) is 0 Å². The molecule has 3 nitrogen and oxygen atoms in total. The lowest BCUT2D eigenvalue weighted by atomic mass is 10.0. The summed E-state index contributed by atoms with van der Waals surface area (Å²) in [4.78, 5) is 15.9. The van der Waals surface area contributed by atoms with Gasteiger partial charge >= 0.3 is 5.97 Å². The average Bonchev–Trinajstić information content (AvgIpc) is 2.46. The van der Waals surface area contributed by atoms with Crippen molar-refractivity contribution in [1.29, 1.82) is 0 Å². The van der Waals surface area contributed by atoms with Gasteiger partial charge in [0.05, 0.1) is 27.4 Å². The van der Waals surface area contributed by atoms with Gasteiger partial charge in [0, 0.05) is 5.39 Å². The Labute approximate surface area is 131 Å². The number of aryl methyl sites for hydroxylation is 1. The van der Waals surface area contributed by atoms with Crippen LogP contribution >= 0.6 is 11.6 Å². The molecular weight excluding hydrogens is 305 g/mol. The molecule has 0 aliphatic heterocycles. The highest BCUT2D eigenvalue weighted by Crippen LogP contribution is 2.32. The second-order valence-electron chi connectivity index (χ2n) is 4.98. The third kappa shape index (κ3) is 2.42. The molecule has 110 valence electrons. The zero-order chi connectivity index (χ0) is 15.9. The summed E-state index contributed by atoms with van der Waals surface area (Å²) in [7, 11) is 0. The number of carbonyl (C=O) groups is 1. The second-order valence-corrected chi connectivity index (χ2v) is 5.38. The Hall–Kier alpha value is -2.46. The van der Waals surface area contributed by atoms with Gasteiger partial charge in [-0.1, -0.05) is 29.3 Å². The fourth-order valence-electron chi connectivity index (χ4n) is 2.39.